The van der Waals surface area contributed by atoms with Crippen molar-refractivity contribution in [1.29, 1.82) is 0 Å². The number of pyridine rings is 1. The summed E-state index contributed by atoms with van der Waals surface area (Å²) in [6, 6.07) is 8.65. The van der Waals surface area contributed by atoms with Gasteiger partial charge in [-0.1, -0.05) is 12.1 Å². The van der Waals surface area contributed by atoms with Crippen LogP contribution in [0.25, 0.3) is 0 Å². The second kappa shape index (κ2) is 5.92. The van der Waals surface area contributed by atoms with Gasteiger partial charge in [-0.3, -0.25) is 4.72 Å². The molecule has 1 N–H and O–H groups in total. The fourth-order valence-corrected chi connectivity index (χ4v) is 3.55. The number of sulfonamides is 1. The molecule has 1 aromatic carbocycles. The average molecular weight is 321 g/mol. The summed E-state index contributed by atoms with van der Waals surface area (Å²) in [7, 11) is -3.98. The van der Waals surface area contributed by atoms with Gasteiger partial charge in [0.2, 0.25) is 0 Å². The summed E-state index contributed by atoms with van der Waals surface area (Å²) in [5, 5.41) is 0. The number of nitrogens with zero attached hydrogens (tertiary/aromatic N) is 2. The maximum atomic E-state index is 13.6. The lowest BCUT2D eigenvalue weighted by atomic mass is 10.3. The highest BCUT2D eigenvalue weighted by Crippen LogP contribution is 2.22. The molecule has 1 aliphatic heterocycles. The molecule has 2 aromatic rings. The van der Waals surface area contributed by atoms with E-state index < -0.39 is 15.8 Å². The molecule has 116 valence electrons. The Kier molecular flexibility index (Phi) is 3.98. The minimum Gasteiger partial charge on any atom is -0.370 e. The second-order valence-corrected chi connectivity index (χ2v) is 6.78. The zero-order valence-electron chi connectivity index (χ0n) is 11.9. The highest BCUT2D eigenvalue weighted by Gasteiger charge is 2.19. The Labute approximate surface area is 128 Å². The third kappa shape index (κ3) is 3.04. The van der Waals surface area contributed by atoms with Crippen LogP contribution < -0.4 is 9.62 Å². The van der Waals surface area contributed by atoms with Gasteiger partial charge in [0.05, 0.1) is 11.9 Å². The standard InChI is InChI=1S/C15H16FN3O2S/c16-13-5-1-2-6-14(13)22(20,21)18-15-8-7-12(11-17-15)19-9-3-4-10-19/h1-2,5-8,11H,3-4,9-10H2,(H,17,18). The van der Waals surface area contributed by atoms with E-state index in [1.165, 1.54) is 18.2 Å². The quantitative estimate of drug-likeness (QED) is 0.940. The van der Waals surface area contributed by atoms with Gasteiger partial charge >= 0.3 is 0 Å². The predicted octanol–water partition coefficient (Wildman–Crippen LogP) is 2.62. The van der Waals surface area contributed by atoms with Gasteiger partial charge in [0.25, 0.3) is 10.0 Å². The van der Waals surface area contributed by atoms with Gasteiger partial charge < -0.3 is 4.90 Å². The van der Waals surface area contributed by atoms with Gasteiger partial charge in [-0.25, -0.2) is 17.8 Å². The van der Waals surface area contributed by atoms with E-state index in [4.69, 9.17) is 0 Å². The summed E-state index contributed by atoms with van der Waals surface area (Å²) in [4.78, 5) is 5.92. The number of benzene rings is 1. The number of hydrogen-bond donors (Lipinski definition) is 1. The van der Waals surface area contributed by atoms with E-state index in [1.807, 2.05) is 6.07 Å². The van der Waals surface area contributed by atoms with Crippen LogP contribution >= 0.6 is 0 Å². The van der Waals surface area contributed by atoms with Gasteiger partial charge in [0.15, 0.2) is 0 Å². The summed E-state index contributed by atoms with van der Waals surface area (Å²) in [5.41, 5.74) is 0.964. The largest absolute Gasteiger partial charge is 0.370 e. The summed E-state index contributed by atoms with van der Waals surface area (Å²) in [6.07, 6.45) is 3.94. The zero-order chi connectivity index (χ0) is 15.6. The molecule has 1 fully saturated rings. The second-order valence-electron chi connectivity index (χ2n) is 5.13. The molecule has 1 aliphatic rings. The Morgan fingerprint density at radius 3 is 2.45 bits per heavy atom. The van der Waals surface area contributed by atoms with Gasteiger partial charge in [-0.05, 0) is 37.1 Å². The van der Waals surface area contributed by atoms with Crippen LogP contribution in [0.5, 0.6) is 0 Å². The first kappa shape index (κ1) is 14.8. The van der Waals surface area contributed by atoms with Crippen molar-refractivity contribution in [3.05, 3.63) is 48.4 Å². The van der Waals surface area contributed by atoms with Crippen molar-refractivity contribution in [2.45, 2.75) is 17.7 Å². The lowest BCUT2D eigenvalue weighted by molar-refractivity contribution is 0.570. The highest BCUT2D eigenvalue weighted by molar-refractivity contribution is 7.92. The molecule has 1 saturated heterocycles. The van der Waals surface area contributed by atoms with E-state index in [2.05, 4.69) is 14.6 Å². The van der Waals surface area contributed by atoms with Crippen LogP contribution in [0.15, 0.2) is 47.5 Å². The van der Waals surface area contributed by atoms with Crippen LogP contribution in [0.1, 0.15) is 12.8 Å². The summed E-state index contributed by atoms with van der Waals surface area (Å²) < 4.78 is 40.2. The van der Waals surface area contributed by atoms with Crippen LogP contribution in [-0.2, 0) is 10.0 Å². The molecule has 0 saturated carbocycles. The number of anilines is 2. The fraction of sp³-hybridized carbons (Fsp3) is 0.267. The Morgan fingerprint density at radius 2 is 1.82 bits per heavy atom. The Hall–Kier alpha value is -2.15. The van der Waals surface area contributed by atoms with Crippen molar-refractivity contribution in [1.82, 2.24) is 4.98 Å². The van der Waals surface area contributed by atoms with Crippen LogP contribution in [-0.4, -0.2) is 26.5 Å². The number of hydrogen-bond acceptors (Lipinski definition) is 4. The van der Waals surface area contributed by atoms with Crippen molar-refractivity contribution >= 4 is 21.5 Å². The van der Waals surface area contributed by atoms with E-state index in [-0.39, 0.29) is 10.7 Å². The van der Waals surface area contributed by atoms with E-state index in [9.17, 15) is 12.8 Å². The topological polar surface area (TPSA) is 62.3 Å². The molecule has 7 heteroatoms. The van der Waals surface area contributed by atoms with Gasteiger partial charge in [-0.15, -0.1) is 0 Å². The van der Waals surface area contributed by atoms with Gasteiger partial charge in [-0.2, -0.15) is 0 Å². The molecule has 0 spiro atoms. The first-order valence-corrected chi connectivity index (χ1v) is 8.53. The lowest BCUT2D eigenvalue weighted by Gasteiger charge is -2.17. The van der Waals surface area contributed by atoms with E-state index in [0.717, 1.165) is 37.7 Å². The maximum Gasteiger partial charge on any atom is 0.265 e. The van der Waals surface area contributed by atoms with Crippen LogP contribution in [0.2, 0.25) is 0 Å². The van der Waals surface area contributed by atoms with Crippen molar-refractivity contribution in [3.8, 4) is 0 Å². The highest BCUT2D eigenvalue weighted by atomic mass is 32.2. The molecule has 0 amide bonds. The number of nitrogens with one attached hydrogen (secondary N) is 1. The fourth-order valence-electron chi connectivity index (χ4n) is 2.46. The molecule has 3 rings (SSSR count). The average Bonchev–Trinajstić information content (AvgIpc) is 3.02. The van der Waals surface area contributed by atoms with Crippen molar-refractivity contribution < 1.29 is 12.8 Å². The first-order chi connectivity index (χ1) is 10.6. The van der Waals surface area contributed by atoms with E-state index in [0.29, 0.717) is 0 Å². The summed E-state index contributed by atoms with van der Waals surface area (Å²) in [5.74, 6) is -0.616. The van der Waals surface area contributed by atoms with E-state index in [1.54, 1.807) is 12.3 Å². The molecular weight excluding hydrogens is 305 g/mol. The van der Waals surface area contributed by atoms with Crippen molar-refractivity contribution in [3.63, 3.8) is 0 Å². The number of aromatic nitrogens is 1. The zero-order valence-corrected chi connectivity index (χ0v) is 12.7. The summed E-state index contributed by atoms with van der Waals surface area (Å²) >= 11 is 0. The molecule has 22 heavy (non-hydrogen) atoms. The van der Waals surface area contributed by atoms with E-state index >= 15 is 0 Å². The molecule has 5 nitrogen and oxygen atoms in total. The lowest BCUT2D eigenvalue weighted by Crippen LogP contribution is -2.18. The molecule has 0 aliphatic carbocycles. The van der Waals surface area contributed by atoms with Crippen LogP contribution in [0.3, 0.4) is 0 Å². The molecule has 2 heterocycles. The molecule has 0 atom stereocenters. The Bertz CT molecular complexity index is 757. The minimum atomic E-state index is -3.98. The Balaban J connectivity index is 1.79. The SMILES string of the molecule is O=S(=O)(Nc1ccc(N2CCCC2)cn1)c1ccccc1F. The first-order valence-electron chi connectivity index (χ1n) is 7.05. The third-order valence-electron chi connectivity index (χ3n) is 3.58. The van der Waals surface area contributed by atoms with Gasteiger partial charge in [0.1, 0.15) is 16.5 Å². The number of rotatable bonds is 4. The summed E-state index contributed by atoms with van der Waals surface area (Å²) in [6.45, 7) is 1.98. The van der Waals surface area contributed by atoms with Gasteiger partial charge in [0, 0.05) is 13.1 Å². The molecule has 0 unspecified atom stereocenters. The number of halogens is 1. The molecule has 0 radical (unpaired) electrons. The van der Waals surface area contributed by atoms with Crippen molar-refractivity contribution in [2.75, 3.05) is 22.7 Å². The maximum absolute atomic E-state index is 13.6. The Morgan fingerprint density at radius 1 is 1.09 bits per heavy atom. The smallest absolute Gasteiger partial charge is 0.265 e. The minimum absolute atomic E-state index is 0.172. The van der Waals surface area contributed by atoms with Crippen molar-refractivity contribution in [2.24, 2.45) is 0 Å². The van der Waals surface area contributed by atoms with Crippen LogP contribution in [0.4, 0.5) is 15.9 Å². The molecule has 0 bridgehead atoms. The third-order valence-corrected chi connectivity index (χ3v) is 4.97. The monoisotopic (exact) mass is 321 g/mol. The van der Waals surface area contributed by atoms with Crippen LogP contribution in [0, 0.1) is 5.82 Å². The molecule has 1 aromatic heterocycles. The normalized spacial score (nSPS) is 15.0. The predicted molar refractivity (Wildman–Crippen MR) is 82.9 cm³/mol. The molecular formula is C15H16FN3O2S.